The Morgan fingerprint density at radius 3 is 0.877 bits per heavy atom. The van der Waals surface area contributed by atoms with E-state index in [0.717, 1.165) is 44.9 Å². The first-order valence-corrected chi connectivity index (χ1v) is 33.3. The third-order valence-electron chi connectivity index (χ3n) is 15.7. The molecular weight excluding hydrogens is 895 g/mol. The van der Waals surface area contributed by atoms with Crippen molar-refractivity contribution < 1.29 is 20.1 Å². The van der Waals surface area contributed by atoms with Crippen molar-refractivity contribution in [2.75, 3.05) is 6.61 Å². The van der Waals surface area contributed by atoms with Crippen LogP contribution in [0, 0.1) is 0 Å². The van der Waals surface area contributed by atoms with Gasteiger partial charge in [0.1, 0.15) is 6.10 Å². The lowest BCUT2D eigenvalue weighted by Gasteiger charge is -2.26. The second kappa shape index (κ2) is 63.1. The van der Waals surface area contributed by atoms with Crippen molar-refractivity contribution in [3.8, 4) is 0 Å². The van der Waals surface area contributed by atoms with E-state index in [0.29, 0.717) is 12.8 Å². The Morgan fingerprint density at radius 1 is 0.342 bits per heavy atom. The lowest BCUT2D eigenvalue weighted by atomic mass is 10.0. The van der Waals surface area contributed by atoms with Crippen molar-refractivity contribution >= 4 is 5.91 Å². The van der Waals surface area contributed by atoms with Gasteiger partial charge in [-0.15, -0.1) is 0 Å². The van der Waals surface area contributed by atoms with Crippen LogP contribution in [0.4, 0.5) is 0 Å². The average molecular weight is 1030 g/mol. The maximum Gasteiger partial charge on any atom is 0.220 e. The highest BCUT2D eigenvalue weighted by molar-refractivity contribution is 5.76. The van der Waals surface area contributed by atoms with Crippen LogP contribution in [-0.2, 0) is 4.79 Å². The fourth-order valence-electron chi connectivity index (χ4n) is 10.6. The highest BCUT2D eigenvalue weighted by Crippen LogP contribution is 2.18. The number of hydrogen-bond donors (Lipinski definition) is 4. The number of nitrogens with one attached hydrogen (secondary N) is 1. The van der Waals surface area contributed by atoms with Gasteiger partial charge in [0.25, 0.3) is 0 Å². The van der Waals surface area contributed by atoms with Crippen molar-refractivity contribution in [3.63, 3.8) is 0 Å². The zero-order valence-electron chi connectivity index (χ0n) is 49.5. The Balaban J connectivity index is 3.48. The summed E-state index contributed by atoms with van der Waals surface area (Å²) in [5, 5.41) is 33.8. The maximum absolute atomic E-state index is 12.6. The minimum Gasteiger partial charge on any atom is -0.394 e. The number of carbonyl (C=O) groups excluding carboxylic acids is 1. The van der Waals surface area contributed by atoms with Crippen molar-refractivity contribution in [2.45, 2.75) is 385 Å². The van der Waals surface area contributed by atoms with Gasteiger partial charge < -0.3 is 20.6 Å². The van der Waals surface area contributed by atoms with Crippen LogP contribution >= 0.6 is 0 Å². The summed E-state index contributed by atoms with van der Waals surface area (Å²) in [6.07, 6.45) is 83.6. The molecule has 0 saturated heterocycles. The van der Waals surface area contributed by atoms with E-state index in [4.69, 9.17) is 0 Å². The zero-order valence-corrected chi connectivity index (χ0v) is 49.5. The first-order chi connectivity index (χ1) is 36.1. The molecule has 0 radical (unpaired) electrons. The normalized spacial score (nSPS) is 13.3. The fourth-order valence-corrected chi connectivity index (χ4v) is 10.6. The monoisotopic (exact) mass is 1030 g/mol. The smallest absolute Gasteiger partial charge is 0.220 e. The van der Waals surface area contributed by atoms with Crippen LogP contribution < -0.4 is 5.32 Å². The molecule has 1 amide bonds. The van der Waals surface area contributed by atoms with E-state index in [1.165, 1.54) is 295 Å². The molecule has 5 nitrogen and oxygen atoms in total. The predicted octanol–water partition coefficient (Wildman–Crippen LogP) is 21.3. The van der Waals surface area contributed by atoms with Crippen LogP contribution in [0.15, 0.2) is 36.5 Å². The summed E-state index contributed by atoms with van der Waals surface area (Å²) >= 11 is 0. The second-order valence-corrected chi connectivity index (χ2v) is 23.0. The van der Waals surface area contributed by atoms with Gasteiger partial charge in [-0.25, -0.2) is 0 Å². The lowest BCUT2D eigenvalue weighted by molar-refractivity contribution is -0.124. The molecule has 4 N–H and O–H groups in total. The zero-order chi connectivity index (χ0) is 52.9. The molecule has 0 spiro atoms. The Morgan fingerprint density at radius 2 is 0.589 bits per heavy atom. The van der Waals surface area contributed by atoms with Crippen molar-refractivity contribution in [2.24, 2.45) is 0 Å². The van der Waals surface area contributed by atoms with Gasteiger partial charge in [-0.1, -0.05) is 326 Å². The molecule has 0 aliphatic heterocycles. The van der Waals surface area contributed by atoms with Crippen molar-refractivity contribution in [1.29, 1.82) is 0 Å². The number of aliphatic hydroxyl groups excluding tert-OH is 3. The Labute approximate surface area is 457 Å². The van der Waals surface area contributed by atoms with Gasteiger partial charge in [-0.2, -0.15) is 0 Å². The van der Waals surface area contributed by atoms with Crippen LogP contribution in [0.1, 0.15) is 367 Å². The number of rotatable bonds is 62. The Hall–Kier alpha value is -1.43. The van der Waals surface area contributed by atoms with Crippen molar-refractivity contribution in [3.05, 3.63) is 36.5 Å². The number of unbranched alkanes of at least 4 members (excludes halogenated alkanes) is 48. The molecule has 0 aromatic rings. The van der Waals surface area contributed by atoms with Gasteiger partial charge in [0.05, 0.1) is 18.8 Å². The summed E-state index contributed by atoms with van der Waals surface area (Å²) in [5.41, 5.74) is 0. The minimum absolute atomic E-state index is 0.149. The van der Waals surface area contributed by atoms with E-state index in [-0.39, 0.29) is 12.5 Å². The first kappa shape index (κ1) is 71.6. The molecule has 0 rings (SSSR count). The Bertz CT molecular complexity index is 1130. The van der Waals surface area contributed by atoms with E-state index < -0.39 is 18.2 Å². The topological polar surface area (TPSA) is 89.8 Å². The molecule has 432 valence electrons. The van der Waals surface area contributed by atoms with Gasteiger partial charge in [0.15, 0.2) is 0 Å². The molecule has 3 atom stereocenters. The molecule has 0 aliphatic carbocycles. The largest absolute Gasteiger partial charge is 0.394 e. The number of hydrogen-bond acceptors (Lipinski definition) is 4. The van der Waals surface area contributed by atoms with E-state index in [1.54, 1.807) is 0 Å². The van der Waals surface area contributed by atoms with E-state index >= 15 is 0 Å². The summed E-state index contributed by atoms with van der Waals surface area (Å²) < 4.78 is 0. The molecule has 73 heavy (non-hydrogen) atoms. The summed E-state index contributed by atoms with van der Waals surface area (Å²) in [7, 11) is 0. The van der Waals surface area contributed by atoms with Crippen LogP contribution in [0.5, 0.6) is 0 Å². The molecule has 0 saturated carbocycles. The van der Waals surface area contributed by atoms with Gasteiger partial charge in [-0.05, 0) is 70.6 Å². The third kappa shape index (κ3) is 58.1. The number of aliphatic hydroxyl groups is 3. The fraction of sp³-hybridized carbons (Fsp3) is 0.897. The molecule has 0 bridgehead atoms. The number of allylic oxidation sites excluding steroid dienone is 6. The van der Waals surface area contributed by atoms with Gasteiger partial charge >= 0.3 is 0 Å². The Kier molecular flexibility index (Phi) is 61.9. The number of carbonyl (C=O) groups is 1. The predicted molar refractivity (Wildman–Crippen MR) is 324 cm³/mol. The van der Waals surface area contributed by atoms with Crippen LogP contribution in [0.2, 0.25) is 0 Å². The second-order valence-electron chi connectivity index (χ2n) is 23.0. The molecule has 5 heteroatoms. The summed E-state index contributed by atoms with van der Waals surface area (Å²) in [6.45, 7) is 4.21. The number of amides is 1. The van der Waals surface area contributed by atoms with E-state index in [1.807, 2.05) is 0 Å². The molecule has 0 fully saturated rings. The standard InChI is InChI=1S/C68H131NO4/c1-3-5-7-9-11-13-15-17-19-21-23-25-26-27-28-29-30-31-32-33-34-35-36-37-38-39-40-41-42-43-45-47-49-51-53-55-57-59-61-63-67(72)69-65(64-70)68(73)66(71)62-60-58-56-54-52-50-48-46-44-24-22-20-18-16-14-12-10-8-6-4-2/h30-31,33-34,54,56,65-66,68,70-71,73H,3-29,32,35-53,55,57-64H2,1-2H3,(H,69,72)/b31-30-,34-33-,56-54+. The van der Waals surface area contributed by atoms with Crippen LogP contribution in [-0.4, -0.2) is 46.1 Å². The quantitative estimate of drug-likeness (QED) is 0.0361. The molecule has 0 aromatic carbocycles. The molecule has 0 aliphatic rings. The molecule has 0 heterocycles. The summed E-state index contributed by atoms with van der Waals surface area (Å²) in [5.74, 6) is -0.149. The van der Waals surface area contributed by atoms with Gasteiger partial charge in [0, 0.05) is 6.42 Å². The highest BCUT2D eigenvalue weighted by Gasteiger charge is 2.26. The molecule has 3 unspecified atom stereocenters. The van der Waals surface area contributed by atoms with Crippen LogP contribution in [0.25, 0.3) is 0 Å². The minimum atomic E-state index is -1.16. The molecule has 0 aromatic heterocycles. The SMILES string of the molecule is CCCCCCCCCCCCCCCCC/C=C\C/C=C\CCCCCCCCCCCCCCCCCCCC(=O)NC(CO)C(O)C(O)CCC/C=C/CCCCCCCCCCCCCCCCC. The van der Waals surface area contributed by atoms with E-state index in [9.17, 15) is 20.1 Å². The molecular formula is C68H131NO4. The highest BCUT2D eigenvalue weighted by atomic mass is 16.3. The average Bonchev–Trinajstić information content (AvgIpc) is 3.40. The van der Waals surface area contributed by atoms with E-state index in [2.05, 4.69) is 55.6 Å². The maximum atomic E-state index is 12.6. The first-order valence-electron chi connectivity index (χ1n) is 33.3. The van der Waals surface area contributed by atoms with Gasteiger partial charge in [0.2, 0.25) is 5.91 Å². The van der Waals surface area contributed by atoms with Crippen LogP contribution in [0.3, 0.4) is 0 Å². The summed E-state index contributed by atoms with van der Waals surface area (Å²) in [6, 6.07) is -0.827. The van der Waals surface area contributed by atoms with Crippen molar-refractivity contribution in [1.82, 2.24) is 5.32 Å². The third-order valence-corrected chi connectivity index (χ3v) is 15.7. The summed E-state index contributed by atoms with van der Waals surface area (Å²) in [4.78, 5) is 12.6. The lowest BCUT2D eigenvalue weighted by Crippen LogP contribution is -2.50. The van der Waals surface area contributed by atoms with Gasteiger partial charge in [-0.3, -0.25) is 4.79 Å².